The molecule has 28 heavy (non-hydrogen) atoms. The Morgan fingerprint density at radius 3 is 2.39 bits per heavy atom. The first kappa shape index (κ1) is 18.2. The predicted octanol–water partition coefficient (Wildman–Crippen LogP) is 5.10. The van der Waals surface area contributed by atoms with Crippen LogP contribution in [-0.2, 0) is 0 Å². The van der Waals surface area contributed by atoms with E-state index in [1.807, 2.05) is 0 Å². The molecule has 0 N–H and O–H groups in total. The van der Waals surface area contributed by atoms with Gasteiger partial charge in [-0.2, -0.15) is 9.37 Å². The van der Waals surface area contributed by atoms with Crippen LogP contribution in [0.15, 0.2) is 46.6 Å². The van der Waals surface area contributed by atoms with Crippen LogP contribution >= 0.6 is 11.3 Å². The molecule has 0 saturated heterocycles. The van der Waals surface area contributed by atoms with Crippen LogP contribution < -0.4 is 10.3 Å². The number of hydrogen-bond acceptors (Lipinski definition) is 4. The second kappa shape index (κ2) is 6.75. The molecule has 2 aromatic carbocycles. The Kier molecular flexibility index (Phi) is 4.38. The van der Waals surface area contributed by atoms with E-state index < -0.39 is 40.6 Å². The van der Waals surface area contributed by atoms with Crippen molar-refractivity contribution in [3.8, 4) is 17.4 Å². The van der Waals surface area contributed by atoms with Gasteiger partial charge in [-0.05, 0) is 54.3 Å². The zero-order chi connectivity index (χ0) is 20.0. The summed E-state index contributed by atoms with van der Waals surface area (Å²) in [6, 6.07) is 5.63. The molecule has 0 radical (unpaired) electrons. The van der Waals surface area contributed by atoms with Gasteiger partial charge in [-0.3, -0.25) is 4.79 Å². The van der Waals surface area contributed by atoms with Crippen LogP contribution in [-0.4, -0.2) is 9.55 Å². The van der Waals surface area contributed by atoms with Gasteiger partial charge in [0.25, 0.3) is 5.56 Å². The fraction of sp³-hybridized carbons (Fsp3) is 0.0526. The largest absolute Gasteiger partial charge is 0.419 e. The van der Waals surface area contributed by atoms with Gasteiger partial charge in [0.2, 0.25) is 11.6 Å². The van der Waals surface area contributed by atoms with Crippen molar-refractivity contribution in [1.82, 2.24) is 9.55 Å². The highest BCUT2D eigenvalue weighted by atomic mass is 32.1. The Morgan fingerprint density at radius 2 is 1.68 bits per heavy atom. The Morgan fingerprint density at radius 1 is 1.00 bits per heavy atom. The first-order chi connectivity index (χ1) is 13.4. The maximum absolute atomic E-state index is 14.1. The van der Waals surface area contributed by atoms with E-state index in [4.69, 9.17) is 4.74 Å². The van der Waals surface area contributed by atoms with Crippen LogP contribution in [0.1, 0.15) is 5.56 Å². The zero-order valence-electron chi connectivity index (χ0n) is 14.2. The number of nitrogens with zero attached hydrogens (tertiary/aromatic N) is 2. The molecule has 9 heteroatoms. The van der Waals surface area contributed by atoms with Crippen LogP contribution in [0.2, 0.25) is 0 Å². The van der Waals surface area contributed by atoms with Gasteiger partial charge in [-0.15, -0.1) is 11.3 Å². The third kappa shape index (κ3) is 2.93. The molecule has 0 amide bonds. The lowest BCUT2D eigenvalue weighted by Crippen LogP contribution is -2.21. The monoisotopic (exact) mass is 406 g/mol. The Labute approximate surface area is 159 Å². The van der Waals surface area contributed by atoms with Gasteiger partial charge in [-0.25, -0.2) is 17.7 Å². The van der Waals surface area contributed by atoms with Crippen molar-refractivity contribution in [2.45, 2.75) is 6.92 Å². The number of aromatic nitrogens is 2. The number of benzene rings is 2. The Bertz CT molecular complexity index is 1270. The first-order valence-corrected chi connectivity index (χ1v) is 8.83. The summed E-state index contributed by atoms with van der Waals surface area (Å²) in [5, 5.41) is 1.70. The van der Waals surface area contributed by atoms with Gasteiger partial charge in [0.05, 0.1) is 11.2 Å². The van der Waals surface area contributed by atoms with Crippen molar-refractivity contribution in [2.75, 3.05) is 0 Å². The van der Waals surface area contributed by atoms with Gasteiger partial charge in [0.1, 0.15) is 10.5 Å². The summed E-state index contributed by atoms with van der Waals surface area (Å²) < 4.78 is 61.4. The van der Waals surface area contributed by atoms with Gasteiger partial charge in [-0.1, -0.05) is 0 Å². The number of rotatable bonds is 3. The quantitative estimate of drug-likeness (QED) is 0.351. The van der Waals surface area contributed by atoms with E-state index >= 15 is 0 Å². The van der Waals surface area contributed by atoms with E-state index in [1.165, 1.54) is 12.1 Å². The molecule has 142 valence electrons. The predicted molar refractivity (Wildman–Crippen MR) is 96.3 cm³/mol. The number of halogens is 4. The van der Waals surface area contributed by atoms with Crippen molar-refractivity contribution < 1.29 is 22.3 Å². The molecule has 4 nitrogen and oxygen atoms in total. The molecular weight excluding hydrogens is 396 g/mol. The van der Waals surface area contributed by atoms with E-state index in [1.54, 1.807) is 12.3 Å². The second-order valence-electron chi connectivity index (χ2n) is 5.88. The minimum Gasteiger partial charge on any atom is -0.419 e. The zero-order valence-corrected chi connectivity index (χ0v) is 15.0. The summed E-state index contributed by atoms with van der Waals surface area (Å²) in [4.78, 5) is 17.2. The van der Waals surface area contributed by atoms with Crippen LogP contribution in [0.5, 0.6) is 11.8 Å². The highest BCUT2D eigenvalue weighted by Crippen LogP contribution is 2.31. The highest BCUT2D eigenvalue weighted by molar-refractivity contribution is 7.17. The molecule has 2 aromatic heterocycles. The lowest BCUT2D eigenvalue weighted by molar-refractivity contribution is 0.359. The standard InChI is InChI=1S/C19H10F4N2O2S/c1-9-8-28-17-15(9)24-19(27-16-13(22)7-6-12(21)14(16)23)25(18(17)26)11-4-2-10(20)3-5-11/h2-8H,1H3. The minimum absolute atomic E-state index is 0.166. The molecule has 0 atom stereocenters. The summed E-state index contributed by atoms with van der Waals surface area (Å²) in [7, 11) is 0. The van der Waals surface area contributed by atoms with E-state index in [9.17, 15) is 22.4 Å². The van der Waals surface area contributed by atoms with Crippen LogP contribution in [0, 0.1) is 30.2 Å². The van der Waals surface area contributed by atoms with Crippen molar-refractivity contribution in [3.63, 3.8) is 0 Å². The third-order valence-corrected chi connectivity index (χ3v) is 5.09. The molecule has 0 saturated carbocycles. The molecule has 4 rings (SSSR count). The van der Waals surface area contributed by atoms with Gasteiger partial charge < -0.3 is 4.74 Å². The van der Waals surface area contributed by atoms with Crippen LogP contribution in [0.25, 0.3) is 15.9 Å². The topological polar surface area (TPSA) is 44.1 Å². The number of aryl methyl sites for hydroxylation is 1. The van der Waals surface area contributed by atoms with Gasteiger partial charge in [0.15, 0.2) is 11.6 Å². The third-order valence-electron chi connectivity index (χ3n) is 4.02. The molecule has 0 fully saturated rings. The van der Waals surface area contributed by atoms with Crippen molar-refractivity contribution >= 4 is 21.6 Å². The molecule has 2 heterocycles. The summed E-state index contributed by atoms with van der Waals surface area (Å²) >= 11 is 1.14. The van der Waals surface area contributed by atoms with E-state index in [0.717, 1.165) is 28.0 Å². The lowest BCUT2D eigenvalue weighted by Gasteiger charge is -2.14. The summed E-state index contributed by atoms with van der Waals surface area (Å²) in [6.45, 7) is 1.71. The SMILES string of the molecule is Cc1csc2c(=O)n(-c3ccc(F)cc3)c(Oc3c(F)ccc(F)c3F)nc12. The Balaban J connectivity index is 2.00. The van der Waals surface area contributed by atoms with E-state index in [-0.39, 0.29) is 10.4 Å². The van der Waals surface area contributed by atoms with Crippen molar-refractivity contribution in [2.24, 2.45) is 0 Å². The highest BCUT2D eigenvalue weighted by Gasteiger charge is 2.22. The number of ether oxygens (including phenoxy) is 1. The van der Waals surface area contributed by atoms with Gasteiger partial charge in [0, 0.05) is 0 Å². The normalized spacial score (nSPS) is 11.2. The summed E-state index contributed by atoms with van der Waals surface area (Å²) in [5.41, 5.74) is 0.551. The molecule has 0 bridgehead atoms. The van der Waals surface area contributed by atoms with Crippen molar-refractivity contribution in [3.05, 3.63) is 81.0 Å². The molecule has 0 aliphatic heterocycles. The maximum Gasteiger partial charge on any atom is 0.310 e. The molecular formula is C19H10F4N2O2S. The average molecular weight is 406 g/mol. The number of thiophene rings is 1. The molecule has 0 aliphatic rings. The summed E-state index contributed by atoms with van der Waals surface area (Å²) in [5.74, 6) is -5.61. The second-order valence-corrected chi connectivity index (χ2v) is 6.76. The fourth-order valence-electron chi connectivity index (χ4n) is 2.64. The van der Waals surface area contributed by atoms with Gasteiger partial charge >= 0.3 is 6.01 Å². The molecule has 0 aliphatic carbocycles. The Hall–Kier alpha value is -3.20. The molecule has 4 aromatic rings. The lowest BCUT2D eigenvalue weighted by atomic mass is 10.3. The molecule has 0 unspecified atom stereocenters. The first-order valence-electron chi connectivity index (χ1n) is 7.95. The van der Waals surface area contributed by atoms with Crippen LogP contribution in [0.4, 0.5) is 17.6 Å². The van der Waals surface area contributed by atoms with Crippen molar-refractivity contribution in [1.29, 1.82) is 0 Å². The van der Waals surface area contributed by atoms with E-state index in [2.05, 4.69) is 4.98 Å². The summed E-state index contributed by atoms with van der Waals surface area (Å²) in [6.07, 6.45) is 0. The fourth-order valence-corrected chi connectivity index (χ4v) is 3.56. The molecule has 0 spiro atoms. The number of hydrogen-bond donors (Lipinski definition) is 0. The maximum atomic E-state index is 14.1. The van der Waals surface area contributed by atoms with E-state index in [0.29, 0.717) is 23.2 Å². The smallest absolute Gasteiger partial charge is 0.310 e. The minimum atomic E-state index is -1.55. The van der Waals surface area contributed by atoms with Crippen LogP contribution in [0.3, 0.4) is 0 Å². The average Bonchev–Trinajstić information content (AvgIpc) is 3.04. The number of fused-ring (bicyclic) bond motifs is 1.